The second kappa shape index (κ2) is 4.75. The minimum absolute atomic E-state index is 0.111. The zero-order chi connectivity index (χ0) is 13.3. The van der Waals surface area contributed by atoms with Crippen LogP contribution in [0.2, 0.25) is 0 Å². The predicted octanol–water partition coefficient (Wildman–Crippen LogP) is 2.99. The summed E-state index contributed by atoms with van der Waals surface area (Å²) in [5.74, 6) is 1.53. The highest BCUT2D eigenvalue weighted by Crippen LogP contribution is 2.33. The van der Waals surface area contributed by atoms with Gasteiger partial charge in [0, 0.05) is 12.5 Å². The summed E-state index contributed by atoms with van der Waals surface area (Å²) < 4.78 is 5.31. The van der Waals surface area contributed by atoms with Crippen LogP contribution in [0.15, 0.2) is 4.42 Å². The Labute approximate surface area is 108 Å². The first kappa shape index (κ1) is 13.1. The maximum absolute atomic E-state index is 12.3. The third kappa shape index (κ3) is 2.42. The van der Waals surface area contributed by atoms with Crippen molar-refractivity contribution in [1.82, 2.24) is 10.3 Å². The van der Waals surface area contributed by atoms with Crippen LogP contribution in [-0.4, -0.2) is 16.4 Å². The van der Waals surface area contributed by atoms with Crippen molar-refractivity contribution in [3.63, 3.8) is 0 Å². The van der Waals surface area contributed by atoms with Crippen LogP contribution in [0.25, 0.3) is 0 Å². The van der Waals surface area contributed by atoms with Crippen LogP contribution < -0.4 is 5.32 Å². The molecule has 0 aromatic carbocycles. The van der Waals surface area contributed by atoms with Gasteiger partial charge in [-0.05, 0) is 32.6 Å². The number of amides is 1. The molecule has 0 spiro atoms. The Morgan fingerprint density at radius 2 is 2.17 bits per heavy atom. The quantitative estimate of drug-likeness (QED) is 0.877. The highest BCUT2D eigenvalue weighted by molar-refractivity contribution is 5.93. The molecule has 1 aliphatic rings. The average molecular weight is 250 g/mol. The molecule has 18 heavy (non-hydrogen) atoms. The lowest BCUT2D eigenvalue weighted by molar-refractivity contribution is 0.0823. The summed E-state index contributed by atoms with van der Waals surface area (Å²) in [6.45, 7) is 7.88. The van der Waals surface area contributed by atoms with Gasteiger partial charge in [0.25, 0.3) is 5.91 Å². The largest absolute Gasteiger partial charge is 0.445 e. The molecule has 1 saturated carbocycles. The van der Waals surface area contributed by atoms with Crippen molar-refractivity contribution in [2.75, 3.05) is 0 Å². The number of aryl methyl sites for hydroxylation is 2. The summed E-state index contributed by atoms with van der Waals surface area (Å²) in [4.78, 5) is 16.4. The maximum Gasteiger partial charge on any atom is 0.273 e. The van der Waals surface area contributed by atoms with E-state index in [2.05, 4.69) is 24.1 Å². The lowest BCUT2D eigenvalue weighted by Crippen LogP contribution is -2.52. The molecule has 0 radical (unpaired) electrons. The van der Waals surface area contributed by atoms with Crippen molar-refractivity contribution in [2.24, 2.45) is 5.92 Å². The number of aromatic nitrogens is 1. The molecular weight excluding hydrogens is 228 g/mol. The number of nitrogens with zero attached hydrogens (tertiary/aromatic N) is 1. The van der Waals surface area contributed by atoms with Gasteiger partial charge < -0.3 is 9.73 Å². The fraction of sp³-hybridized carbons (Fsp3) is 0.714. The molecule has 4 nitrogen and oxygen atoms in total. The smallest absolute Gasteiger partial charge is 0.273 e. The summed E-state index contributed by atoms with van der Waals surface area (Å²) in [7, 11) is 0. The number of carbonyl (C=O) groups excluding carboxylic acids is 1. The Morgan fingerprint density at radius 3 is 2.72 bits per heavy atom. The van der Waals surface area contributed by atoms with Crippen molar-refractivity contribution >= 4 is 5.91 Å². The molecule has 1 aromatic rings. The Hall–Kier alpha value is -1.32. The number of oxazole rings is 1. The lowest BCUT2D eigenvalue weighted by atomic mass is 9.75. The van der Waals surface area contributed by atoms with E-state index in [-0.39, 0.29) is 11.4 Å². The van der Waals surface area contributed by atoms with Gasteiger partial charge in [0.15, 0.2) is 11.6 Å². The Kier molecular flexibility index (Phi) is 3.46. The topological polar surface area (TPSA) is 55.1 Å². The molecule has 2 unspecified atom stereocenters. The van der Waals surface area contributed by atoms with Crippen LogP contribution in [0.3, 0.4) is 0 Å². The van der Waals surface area contributed by atoms with E-state index in [9.17, 15) is 4.79 Å². The SMILES string of the molecule is Cc1nc(C(=O)NC2(C)CCCCC2C)c(C)o1. The van der Waals surface area contributed by atoms with Crippen LogP contribution in [0.5, 0.6) is 0 Å². The van der Waals surface area contributed by atoms with E-state index >= 15 is 0 Å². The molecule has 4 heteroatoms. The molecule has 1 aromatic heterocycles. The number of hydrogen-bond donors (Lipinski definition) is 1. The number of carbonyl (C=O) groups is 1. The number of hydrogen-bond acceptors (Lipinski definition) is 3. The molecule has 1 heterocycles. The minimum atomic E-state index is -0.116. The Morgan fingerprint density at radius 1 is 1.44 bits per heavy atom. The van der Waals surface area contributed by atoms with E-state index in [0.29, 0.717) is 23.3 Å². The summed E-state index contributed by atoms with van der Waals surface area (Å²) in [5.41, 5.74) is 0.306. The molecule has 1 N–H and O–H groups in total. The van der Waals surface area contributed by atoms with E-state index in [1.54, 1.807) is 13.8 Å². The first-order valence-corrected chi connectivity index (χ1v) is 6.69. The monoisotopic (exact) mass is 250 g/mol. The zero-order valence-corrected chi connectivity index (χ0v) is 11.7. The molecule has 2 atom stereocenters. The highest BCUT2D eigenvalue weighted by Gasteiger charge is 2.35. The summed E-state index contributed by atoms with van der Waals surface area (Å²) >= 11 is 0. The van der Waals surface area contributed by atoms with E-state index in [4.69, 9.17) is 4.42 Å². The molecule has 1 amide bonds. The number of rotatable bonds is 2. The zero-order valence-electron chi connectivity index (χ0n) is 11.7. The summed E-state index contributed by atoms with van der Waals surface area (Å²) in [5, 5.41) is 3.15. The van der Waals surface area contributed by atoms with E-state index in [1.807, 2.05) is 0 Å². The molecule has 1 aliphatic carbocycles. The first-order valence-electron chi connectivity index (χ1n) is 6.69. The van der Waals surface area contributed by atoms with Gasteiger partial charge >= 0.3 is 0 Å². The standard InChI is InChI=1S/C14H22N2O2/c1-9-7-5-6-8-14(9,4)16-13(17)12-10(2)18-11(3)15-12/h9H,5-8H2,1-4H3,(H,16,17). The van der Waals surface area contributed by atoms with Gasteiger partial charge in [0.05, 0.1) is 0 Å². The number of nitrogens with one attached hydrogen (secondary N) is 1. The molecule has 100 valence electrons. The third-order valence-electron chi connectivity index (χ3n) is 4.19. The van der Waals surface area contributed by atoms with Crippen molar-refractivity contribution in [1.29, 1.82) is 0 Å². The minimum Gasteiger partial charge on any atom is -0.445 e. The predicted molar refractivity (Wildman–Crippen MR) is 69.5 cm³/mol. The van der Waals surface area contributed by atoms with Gasteiger partial charge in [-0.15, -0.1) is 0 Å². The molecule has 0 aliphatic heterocycles. The van der Waals surface area contributed by atoms with Crippen LogP contribution >= 0.6 is 0 Å². The van der Waals surface area contributed by atoms with Gasteiger partial charge in [-0.1, -0.05) is 19.8 Å². The van der Waals surface area contributed by atoms with E-state index in [0.717, 1.165) is 6.42 Å². The molecule has 0 saturated heterocycles. The molecule has 2 rings (SSSR count). The van der Waals surface area contributed by atoms with Crippen molar-refractivity contribution in [3.8, 4) is 0 Å². The second-order valence-corrected chi connectivity index (χ2v) is 5.66. The van der Waals surface area contributed by atoms with E-state index < -0.39 is 0 Å². The first-order chi connectivity index (χ1) is 8.42. The van der Waals surface area contributed by atoms with Crippen LogP contribution in [0.1, 0.15) is 61.7 Å². The normalized spacial score (nSPS) is 28.1. The van der Waals surface area contributed by atoms with Crippen molar-refractivity contribution in [2.45, 2.75) is 58.9 Å². The van der Waals surface area contributed by atoms with Gasteiger partial charge in [0.1, 0.15) is 5.76 Å². The maximum atomic E-state index is 12.3. The molecular formula is C14H22N2O2. The average Bonchev–Trinajstić information content (AvgIpc) is 2.62. The van der Waals surface area contributed by atoms with Crippen molar-refractivity contribution < 1.29 is 9.21 Å². The second-order valence-electron chi connectivity index (χ2n) is 5.66. The van der Waals surface area contributed by atoms with Gasteiger partial charge in [-0.3, -0.25) is 4.79 Å². The summed E-state index contributed by atoms with van der Waals surface area (Å²) in [6, 6.07) is 0. The van der Waals surface area contributed by atoms with Crippen LogP contribution in [0, 0.1) is 19.8 Å². The van der Waals surface area contributed by atoms with Gasteiger partial charge in [0.2, 0.25) is 0 Å². The van der Waals surface area contributed by atoms with Crippen LogP contribution in [-0.2, 0) is 0 Å². The van der Waals surface area contributed by atoms with Gasteiger partial charge in [-0.25, -0.2) is 4.98 Å². The summed E-state index contributed by atoms with van der Waals surface area (Å²) in [6.07, 6.45) is 4.65. The lowest BCUT2D eigenvalue weighted by Gasteiger charge is -2.40. The van der Waals surface area contributed by atoms with E-state index in [1.165, 1.54) is 19.3 Å². The Balaban J connectivity index is 2.13. The fourth-order valence-electron chi connectivity index (χ4n) is 2.75. The fourth-order valence-corrected chi connectivity index (χ4v) is 2.75. The third-order valence-corrected chi connectivity index (χ3v) is 4.19. The van der Waals surface area contributed by atoms with Gasteiger partial charge in [-0.2, -0.15) is 0 Å². The highest BCUT2D eigenvalue weighted by atomic mass is 16.4. The Bertz CT molecular complexity index is 453. The van der Waals surface area contributed by atoms with Crippen LogP contribution in [0.4, 0.5) is 0 Å². The van der Waals surface area contributed by atoms with Crippen molar-refractivity contribution in [3.05, 3.63) is 17.3 Å². The molecule has 1 fully saturated rings. The molecule has 0 bridgehead atoms.